The van der Waals surface area contributed by atoms with Crippen LogP contribution >= 0.6 is 0 Å². The molecule has 6 heteroatoms. The molecule has 33 heavy (non-hydrogen) atoms. The molecule has 3 aromatic rings. The molecule has 6 rings (SSSR count). The number of fused-ring (bicyclic) bond motifs is 4. The molecule has 1 saturated carbocycles. The third-order valence-electron chi connectivity index (χ3n) is 7.74. The molecular formula is C27H29N3O3. The highest BCUT2D eigenvalue weighted by atomic mass is 16.5. The Hall–Kier alpha value is -3.28. The zero-order chi connectivity index (χ0) is 22.5. The summed E-state index contributed by atoms with van der Waals surface area (Å²) in [4.78, 5) is 34.9. The van der Waals surface area contributed by atoms with Crippen LogP contribution in [0.15, 0.2) is 48.5 Å². The summed E-state index contributed by atoms with van der Waals surface area (Å²) in [6.45, 7) is 0.168. The van der Waals surface area contributed by atoms with Crippen LogP contribution in [0.3, 0.4) is 0 Å². The van der Waals surface area contributed by atoms with Gasteiger partial charge < -0.3 is 19.5 Å². The number of nitrogens with one attached hydrogen (secondary N) is 1. The second kappa shape index (κ2) is 7.94. The molecule has 2 aromatic carbocycles. The molecule has 1 saturated heterocycles. The summed E-state index contributed by atoms with van der Waals surface area (Å²) in [5.41, 5.74) is 4.06. The van der Waals surface area contributed by atoms with Gasteiger partial charge in [-0.05, 0) is 30.5 Å². The first kappa shape index (κ1) is 20.3. The van der Waals surface area contributed by atoms with Crippen LogP contribution < -0.4 is 4.74 Å². The Morgan fingerprint density at radius 2 is 1.73 bits per heavy atom. The van der Waals surface area contributed by atoms with Gasteiger partial charge in [-0.1, -0.05) is 55.7 Å². The predicted octanol–water partition coefficient (Wildman–Crippen LogP) is 4.19. The number of carbonyl (C=O) groups is 2. The molecule has 3 aliphatic rings. The smallest absolute Gasteiger partial charge is 0.246 e. The molecule has 170 valence electrons. The van der Waals surface area contributed by atoms with E-state index in [0.29, 0.717) is 6.42 Å². The van der Waals surface area contributed by atoms with Gasteiger partial charge in [-0.3, -0.25) is 9.59 Å². The SMILES string of the molecule is COc1ccccc1C1c2[nH]c3ccccc3c2CC2C(=O)N(C3CCCCC3)CC(=O)N21. The number of methoxy groups -OCH3 is 1. The van der Waals surface area contributed by atoms with Crippen LogP contribution in [0.1, 0.15) is 55.0 Å². The molecular weight excluding hydrogens is 414 g/mol. The Kier molecular flexibility index (Phi) is 4.89. The van der Waals surface area contributed by atoms with Gasteiger partial charge in [-0.15, -0.1) is 0 Å². The van der Waals surface area contributed by atoms with E-state index in [-0.39, 0.29) is 30.4 Å². The van der Waals surface area contributed by atoms with Gasteiger partial charge >= 0.3 is 0 Å². The van der Waals surface area contributed by atoms with Crippen molar-refractivity contribution in [3.8, 4) is 5.75 Å². The molecule has 2 aliphatic heterocycles. The molecule has 2 atom stereocenters. The lowest BCUT2D eigenvalue weighted by Crippen LogP contribution is -2.65. The molecule has 3 heterocycles. The van der Waals surface area contributed by atoms with Gasteiger partial charge in [0.25, 0.3) is 0 Å². The van der Waals surface area contributed by atoms with E-state index in [1.807, 2.05) is 46.2 Å². The van der Waals surface area contributed by atoms with E-state index in [9.17, 15) is 9.59 Å². The number of amides is 2. The Morgan fingerprint density at radius 1 is 0.970 bits per heavy atom. The minimum Gasteiger partial charge on any atom is -0.496 e. The monoisotopic (exact) mass is 443 g/mol. The lowest BCUT2D eigenvalue weighted by atomic mass is 9.84. The van der Waals surface area contributed by atoms with Crippen molar-refractivity contribution in [2.75, 3.05) is 13.7 Å². The number of hydrogen-bond donors (Lipinski definition) is 1. The van der Waals surface area contributed by atoms with E-state index in [0.717, 1.165) is 59.2 Å². The van der Waals surface area contributed by atoms with Crippen molar-refractivity contribution in [3.63, 3.8) is 0 Å². The maximum Gasteiger partial charge on any atom is 0.246 e. The van der Waals surface area contributed by atoms with E-state index >= 15 is 0 Å². The van der Waals surface area contributed by atoms with E-state index in [1.54, 1.807) is 7.11 Å². The summed E-state index contributed by atoms with van der Waals surface area (Å²) in [6.07, 6.45) is 6.02. The van der Waals surface area contributed by atoms with Gasteiger partial charge in [-0.25, -0.2) is 0 Å². The Bertz CT molecular complexity index is 1230. The first-order chi connectivity index (χ1) is 16.2. The summed E-state index contributed by atoms with van der Waals surface area (Å²) in [6, 6.07) is 15.3. The average Bonchev–Trinajstić information content (AvgIpc) is 3.24. The predicted molar refractivity (Wildman–Crippen MR) is 126 cm³/mol. The van der Waals surface area contributed by atoms with Crippen molar-refractivity contribution in [2.24, 2.45) is 0 Å². The Labute approximate surface area is 193 Å². The van der Waals surface area contributed by atoms with Gasteiger partial charge in [0.1, 0.15) is 24.4 Å². The minimum atomic E-state index is -0.491. The van der Waals surface area contributed by atoms with Crippen molar-refractivity contribution < 1.29 is 14.3 Å². The van der Waals surface area contributed by atoms with E-state index in [1.165, 1.54) is 6.42 Å². The first-order valence-corrected chi connectivity index (χ1v) is 12.0. The summed E-state index contributed by atoms with van der Waals surface area (Å²) < 4.78 is 5.70. The number of rotatable bonds is 3. The van der Waals surface area contributed by atoms with Crippen LogP contribution in [0.5, 0.6) is 5.75 Å². The second-order valence-corrected chi connectivity index (χ2v) is 9.49. The number of aromatic nitrogens is 1. The minimum absolute atomic E-state index is 0.0189. The topological polar surface area (TPSA) is 65.6 Å². The van der Waals surface area contributed by atoms with Gasteiger partial charge in [-0.2, -0.15) is 0 Å². The number of ether oxygens (including phenoxy) is 1. The fourth-order valence-corrected chi connectivity index (χ4v) is 6.21. The number of nitrogens with zero attached hydrogens (tertiary/aromatic N) is 2. The van der Waals surface area contributed by atoms with Crippen LogP contribution in [0.2, 0.25) is 0 Å². The largest absolute Gasteiger partial charge is 0.496 e. The van der Waals surface area contributed by atoms with Crippen LogP contribution in [0.25, 0.3) is 10.9 Å². The number of para-hydroxylation sites is 2. The molecule has 0 bridgehead atoms. The summed E-state index contributed by atoms with van der Waals surface area (Å²) >= 11 is 0. The van der Waals surface area contributed by atoms with Crippen molar-refractivity contribution in [1.82, 2.24) is 14.8 Å². The quantitative estimate of drug-likeness (QED) is 0.660. The van der Waals surface area contributed by atoms with Crippen molar-refractivity contribution in [2.45, 2.75) is 56.7 Å². The average molecular weight is 444 g/mol. The molecule has 2 unspecified atom stereocenters. The molecule has 6 nitrogen and oxygen atoms in total. The number of piperazine rings is 1. The zero-order valence-corrected chi connectivity index (χ0v) is 18.9. The van der Waals surface area contributed by atoms with E-state index < -0.39 is 6.04 Å². The Morgan fingerprint density at radius 3 is 2.55 bits per heavy atom. The molecule has 1 aromatic heterocycles. The fraction of sp³-hybridized carbons (Fsp3) is 0.407. The van der Waals surface area contributed by atoms with Crippen LogP contribution in [-0.2, 0) is 16.0 Å². The summed E-state index contributed by atoms with van der Waals surface area (Å²) in [7, 11) is 1.65. The molecule has 0 radical (unpaired) electrons. The molecule has 1 aliphatic carbocycles. The summed E-state index contributed by atoms with van der Waals surface area (Å²) in [5, 5.41) is 1.13. The number of hydrogen-bond acceptors (Lipinski definition) is 3. The lowest BCUT2D eigenvalue weighted by Gasteiger charge is -2.49. The zero-order valence-electron chi connectivity index (χ0n) is 18.9. The van der Waals surface area contributed by atoms with Gasteiger partial charge in [0.15, 0.2) is 0 Å². The van der Waals surface area contributed by atoms with Crippen LogP contribution in [0.4, 0.5) is 0 Å². The van der Waals surface area contributed by atoms with Crippen LogP contribution in [-0.4, -0.2) is 52.3 Å². The molecule has 2 amide bonds. The molecule has 0 spiro atoms. The van der Waals surface area contributed by atoms with Crippen molar-refractivity contribution in [3.05, 3.63) is 65.4 Å². The number of aromatic amines is 1. The maximum absolute atomic E-state index is 13.9. The molecule has 1 N–H and O–H groups in total. The van der Waals surface area contributed by atoms with Crippen molar-refractivity contribution in [1.29, 1.82) is 0 Å². The van der Waals surface area contributed by atoms with Crippen molar-refractivity contribution >= 4 is 22.7 Å². The number of H-pyrrole nitrogens is 1. The van der Waals surface area contributed by atoms with E-state index in [4.69, 9.17) is 4.74 Å². The fourth-order valence-electron chi connectivity index (χ4n) is 6.21. The number of benzene rings is 2. The van der Waals surface area contributed by atoms with Gasteiger partial charge in [0.05, 0.1) is 7.11 Å². The third-order valence-corrected chi connectivity index (χ3v) is 7.74. The highest BCUT2D eigenvalue weighted by Gasteiger charge is 2.50. The second-order valence-electron chi connectivity index (χ2n) is 9.49. The lowest BCUT2D eigenvalue weighted by molar-refractivity contribution is -0.161. The standard InChI is InChI=1S/C27H29N3O3/c1-33-23-14-8-6-12-19(23)26-25-20(18-11-5-7-13-21(18)28-25)15-22-27(32)29(16-24(31)30(22)26)17-9-3-2-4-10-17/h5-8,11-14,17,22,26,28H,2-4,9-10,15-16H2,1H3. The van der Waals surface area contributed by atoms with Gasteiger partial charge in [0, 0.05) is 34.6 Å². The third kappa shape index (κ3) is 3.15. The summed E-state index contributed by atoms with van der Waals surface area (Å²) in [5.74, 6) is 0.838. The maximum atomic E-state index is 13.9. The van der Waals surface area contributed by atoms with Crippen LogP contribution in [0, 0.1) is 0 Å². The Balaban J connectivity index is 1.51. The normalized spacial score (nSPS) is 23.5. The highest BCUT2D eigenvalue weighted by molar-refractivity contribution is 5.98. The highest BCUT2D eigenvalue weighted by Crippen LogP contribution is 2.45. The molecule has 2 fully saturated rings. The first-order valence-electron chi connectivity index (χ1n) is 12.0. The van der Waals surface area contributed by atoms with E-state index in [2.05, 4.69) is 17.1 Å². The number of carbonyl (C=O) groups excluding carboxylic acids is 2. The van der Waals surface area contributed by atoms with Gasteiger partial charge in [0.2, 0.25) is 11.8 Å².